The van der Waals surface area contributed by atoms with Crippen molar-refractivity contribution in [3.63, 3.8) is 0 Å². The number of nitrogens with zero attached hydrogens (tertiary/aromatic N) is 4. The summed E-state index contributed by atoms with van der Waals surface area (Å²) in [6.45, 7) is 0. The minimum atomic E-state index is -5.09. The highest BCUT2D eigenvalue weighted by Gasteiger charge is 2.58. The second-order valence-corrected chi connectivity index (χ2v) is 7.34. The average molecular weight is 420 g/mol. The Morgan fingerprint density at radius 1 is 1.30 bits per heavy atom. The van der Waals surface area contributed by atoms with Crippen LogP contribution in [0.1, 0.15) is 36.8 Å². The molecular formula is C19H19F3N6O2. The molecule has 2 heterocycles. The molecule has 1 aliphatic rings. The molecule has 1 fully saturated rings. The maximum absolute atomic E-state index is 13.6. The van der Waals surface area contributed by atoms with Gasteiger partial charge in [0.05, 0.1) is 6.42 Å². The molecule has 1 saturated carbocycles. The van der Waals surface area contributed by atoms with Gasteiger partial charge in [-0.05, 0) is 37.1 Å². The van der Waals surface area contributed by atoms with Crippen molar-refractivity contribution in [2.75, 3.05) is 5.32 Å². The number of benzene rings is 1. The lowest BCUT2D eigenvalue weighted by Gasteiger charge is -2.29. The summed E-state index contributed by atoms with van der Waals surface area (Å²) in [5.41, 5.74) is -2.42. The molecule has 0 radical (unpaired) electrons. The van der Waals surface area contributed by atoms with E-state index in [-0.39, 0.29) is 5.69 Å². The highest BCUT2D eigenvalue weighted by atomic mass is 19.4. The number of amides is 1. The molecule has 11 heteroatoms. The Morgan fingerprint density at radius 2 is 2.00 bits per heavy atom. The number of halogens is 3. The Hall–Kier alpha value is -3.21. The SMILES string of the molecule is Cn1ccnc1C(O)(CC(=O)Nc1ccc(-c2n[nH]c(C3CC3)n2)cc1)C(F)(F)F. The minimum absolute atomic E-state index is 0.283. The average Bonchev–Trinajstić information content (AvgIpc) is 3.24. The van der Waals surface area contributed by atoms with Gasteiger partial charge in [-0.3, -0.25) is 9.89 Å². The van der Waals surface area contributed by atoms with Crippen LogP contribution in [0.2, 0.25) is 0 Å². The van der Waals surface area contributed by atoms with Crippen LogP contribution in [0, 0.1) is 0 Å². The molecule has 0 saturated heterocycles. The maximum atomic E-state index is 13.6. The van der Waals surface area contributed by atoms with Crippen molar-refractivity contribution in [2.45, 2.75) is 37.0 Å². The molecule has 1 aromatic carbocycles. The van der Waals surface area contributed by atoms with Crippen molar-refractivity contribution in [1.82, 2.24) is 24.7 Å². The van der Waals surface area contributed by atoms with Gasteiger partial charge in [0.2, 0.25) is 11.5 Å². The van der Waals surface area contributed by atoms with Crippen molar-refractivity contribution >= 4 is 11.6 Å². The van der Waals surface area contributed by atoms with Gasteiger partial charge in [0.25, 0.3) is 0 Å². The van der Waals surface area contributed by atoms with Crippen LogP contribution < -0.4 is 5.32 Å². The van der Waals surface area contributed by atoms with Gasteiger partial charge >= 0.3 is 6.18 Å². The Kier molecular flexibility index (Phi) is 4.85. The van der Waals surface area contributed by atoms with Gasteiger partial charge in [0.1, 0.15) is 5.82 Å². The van der Waals surface area contributed by atoms with E-state index in [1.54, 1.807) is 12.1 Å². The Balaban J connectivity index is 1.46. The summed E-state index contributed by atoms with van der Waals surface area (Å²) in [6.07, 6.45) is -1.75. The molecule has 3 aromatic rings. The van der Waals surface area contributed by atoms with E-state index in [1.165, 1.54) is 25.4 Å². The van der Waals surface area contributed by atoms with E-state index in [1.807, 2.05) is 0 Å². The zero-order chi connectivity index (χ0) is 21.5. The predicted octanol–water partition coefficient (Wildman–Crippen LogP) is 2.86. The molecule has 1 unspecified atom stereocenters. The summed E-state index contributed by atoms with van der Waals surface area (Å²) in [5.74, 6) is 0.117. The van der Waals surface area contributed by atoms with E-state index in [0.717, 1.165) is 29.4 Å². The van der Waals surface area contributed by atoms with Crippen LogP contribution in [0.15, 0.2) is 36.7 Å². The van der Waals surface area contributed by atoms with Crippen LogP contribution in [0.25, 0.3) is 11.4 Å². The monoisotopic (exact) mass is 420 g/mol. The molecule has 3 N–H and O–H groups in total. The molecule has 1 atom stereocenters. The first-order valence-electron chi connectivity index (χ1n) is 9.27. The second-order valence-electron chi connectivity index (χ2n) is 7.34. The third-order valence-electron chi connectivity index (χ3n) is 4.97. The maximum Gasteiger partial charge on any atom is 0.425 e. The number of rotatable bonds is 6. The summed E-state index contributed by atoms with van der Waals surface area (Å²) >= 11 is 0. The molecule has 0 aliphatic heterocycles. The number of aromatic nitrogens is 5. The predicted molar refractivity (Wildman–Crippen MR) is 100 cm³/mol. The smallest absolute Gasteiger partial charge is 0.374 e. The number of aryl methyl sites for hydroxylation is 1. The third kappa shape index (κ3) is 3.80. The lowest BCUT2D eigenvalue weighted by molar-refractivity contribution is -0.270. The highest BCUT2D eigenvalue weighted by molar-refractivity contribution is 5.91. The molecule has 1 amide bonds. The van der Waals surface area contributed by atoms with Gasteiger partial charge < -0.3 is 15.0 Å². The van der Waals surface area contributed by atoms with E-state index >= 15 is 0 Å². The van der Waals surface area contributed by atoms with Crippen molar-refractivity contribution in [2.24, 2.45) is 7.05 Å². The fourth-order valence-corrected chi connectivity index (χ4v) is 3.15. The van der Waals surface area contributed by atoms with E-state index in [0.29, 0.717) is 17.3 Å². The number of carbonyl (C=O) groups excluding carboxylic acids is 1. The third-order valence-corrected chi connectivity index (χ3v) is 4.97. The molecule has 30 heavy (non-hydrogen) atoms. The zero-order valence-corrected chi connectivity index (χ0v) is 15.9. The second kappa shape index (κ2) is 7.24. The summed E-state index contributed by atoms with van der Waals surface area (Å²) in [6, 6.07) is 6.38. The van der Waals surface area contributed by atoms with Crippen LogP contribution in [-0.2, 0) is 17.4 Å². The van der Waals surface area contributed by atoms with Gasteiger partial charge in [-0.1, -0.05) is 0 Å². The first-order chi connectivity index (χ1) is 14.2. The number of anilines is 1. The molecule has 2 aromatic heterocycles. The van der Waals surface area contributed by atoms with Crippen molar-refractivity contribution in [3.05, 3.63) is 48.3 Å². The highest BCUT2D eigenvalue weighted by Crippen LogP contribution is 2.41. The van der Waals surface area contributed by atoms with Crippen molar-refractivity contribution < 1.29 is 23.1 Å². The number of nitrogens with one attached hydrogen (secondary N) is 2. The number of aliphatic hydroxyl groups is 1. The normalized spacial score (nSPS) is 16.3. The topological polar surface area (TPSA) is 109 Å². The van der Waals surface area contributed by atoms with E-state index in [4.69, 9.17) is 0 Å². The number of imidazole rings is 1. The summed E-state index contributed by atoms with van der Waals surface area (Å²) in [4.78, 5) is 20.3. The first kappa shape index (κ1) is 20.1. The van der Waals surface area contributed by atoms with Gasteiger partial charge in [-0.2, -0.15) is 18.3 Å². The van der Waals surface area contributed by atoms with Crippen LogP contribution in [0.4, 0.5) is 18.9 Å². The van der Waals surface area contributed by atoms with Crippen LogP contribution in [0.3, 0.4) is 0 Å². The number of H-pyrrole nitrogens is 1. The quantitative estimate of drug-likeness (QED) is 0.568. The summed E-state index contributed by atoms with van der Waals surface area (Å²) < 4.78 is 41.7. The molecule has 8 nitrogen and oxygen atoms in total. The number of hydrogen-bond acceptors (Lipinski definition) is 5. The fraction of sp³-hybridized carbons (Fsp3) is 0.368. The van der Waals surface area contributed by atoms with Gasteiger partial charge in [-0.15, -0.1) is 0 Å². The zero-order valence-electron chi connectivity index (χ0n) is 15.9. The van der Waals surface area contributed by atoms with Crippen LogP contribution in [-0.4, -0.2) is 41.9 Å². The summed E-state index contributed by atoms with van der Waals surface area (Å²) in [5, 5.41) is 19.7. The Morgan fingerprint density at radius 3 is 2.57 bits per heavy atom. The fourth-order valence-electron chi connectivity index (χ4n) is 3.15. The van der Waals surface area contributed by atoms with E-state index in [2.05, 4.69) is 25.5 Å². The number of alkyl halides is 3. The molecular weight excluding hydrogens is 401 g/mol. The Labute approximate surface area is 169 Å². The lowest BCUT2D eigenvalue weighted by atomic mass is 9.97. The molecule has 1 aliphatic carbocycles. The molecule has 0 bridgehead atoms. The first-order valence-corrected chi connectivity index (χ1v) is 9.27. The van der Waals surface area contributed by atoms with Crippen LogP contribution in [0.5, 0.6) is 0 Å². The molecule has 158 valence electrons. The van der Waals surface area contributed by atoms with Gasteiger partial charge in [-0.25, -0.2) is 9.97 Å². The molecule has 0 spiro atoms. The molecule has 4 rings (SSSR count). The van der Waals surface area contributed by atoms with E-state index < -0.39 is 29.9 Å². The Bertz CT molecular complexity index is 1050. The lowest BCUT2D eigenvalue weighted by Crippen LogP contribution is -2.46. The van der Waals surface area contributed by atoms with Crippen LogP contribution >= 0.6 is 0 Å². The standard InChI is InChI=1S/C19H19F3N6O2/c1-28-9-8-23-17(28)18(30,19(20,21)22)10-14(29)24-13-6-4-12(5-7-13)16-25-15(26-27-16)11-2-3-11/h4-9,11,30H,2-3,10H2,1H3,(H,24,29)(H,25,26,27). The number of aromatic amines is 1. The number of hydrogen-bond donors (Lipinski definition) is 3. The largest absolute Gasteiger partial charge is 0.425 e. The number of carbonyl (C=O) groups is 1. The van der Waals surface area contributed by atoms with Crippen molar-refractivity contribution in [1.29, 1.82) is 0 Å². The van der Waals surface area contributed by atoms with Gasteiger partial charge in [0, 0.05) is 36.6 Å². The minimum Gasteiger partial charge on any atom is -0.374 e. The summed E-state index contributed by atoms with van der Waals surface area (Å²) in [7, 11) is 1.31. The van der Waals surface area contributed by atoms with E-state index in [9.17, 15) is 23.1 Å². The van der Waals surface area contributed by atoms with Gasteiger partial charge in [0.15, 0.2) is 11.6 Å². The van der Waals surface area contributed by atoms with Crippen molar-refractivity contribution in [3.8, 4) is 11.4 Å².